The van der Waals surface area contributed by atoms with Gasteiger partial charge in [-0.1, -0.05) is 30.3 Å². The maximum atomic E-state index is 13.5. The van der Waals surface area contributed by atoms with Crippen LogP contribution in [-0.2, 0) is 4.79 Å². The highest BCUT2D eigenvalue weighted by Crippen LogP contribution is 2.14. The Labute approximate surface area is 122 Å². The van der Waals surface area contributed by atoms with Gasteiger partial charge in [-0.15, -0.1) is 0 Å². The van der Waals surface area contributed by atoms with Gasteiger partial charge in [0.15, 0.2) is 0 Å². The van der Waals surface area contributed by atoms with E-state index in [1.54, 1.807) is 36.4 Å². The molecular weight excluding hydrogens is 267 g/mol. The molecule has 3 nitrogen and oxygen atoms in total. The van der Waals surface area contributed by atoms with Gasteiger partial charge in [0.2, 0.25) is 0 Å². The van der Waals surface area contributed by atoms with Gasteiger partial charge in [0, 0.05) is 11.3 Å². The third-order valence-electron chi connectivity index (χ3n) is 2.85. The van der Waals surface area contributed by atoms with E-state index in [2.05, 4.69) is 5.32 Å². The Morgan fingerprint density at radius 2 is 2.00 bits per heavy atom. The smallest absolute Gasteiger partial charge is 0.266 e. The summed E-state index contributed by atoms with van der Waals surface area (Å²) in [5.41, 5.74) is 1.63. The van der Waals surface area contributed by atoms with Gasteiger partial charge in [-0.05, 0) is 36.8 Å². The van der Waals surface area contributed by atoms with Crippen molar-refractivity contribution in [1.29, 1.82) is 5.26 Å². The number of rotatable bonds is 3. The van der Waals surface area contributed by atoms with Crippen LogP contribution in [0, 0.1) is 24.1 Å². The van der Waals surface area contributed by atoms with Crippen LogP contribution in [0.1, 0.15) is 11.1 Å². The minimum atomic E-state index is -0.564. The minimum Gasteiger partial charge on any atom is -0.321 e. The second kappa shape index (κ2) is 6.49. The number of nitrogens with zero attached hydrogens (tertiary/aromatic N) is 1. The molecule has 0 aromatic heterocycles. The van der Waals surface area contributed by atoms with Gasteiger partial charge in [-0.25, -0.2) is 4.39 Å². The van der Waals surface area contributed by atoms with Gasteiger partial charge >= 0.3 is 0 Å². The Kier molecular flexibility index (Phi) is 4.47. The number of hydrogen-bond donors (Lipinski definition) is 1. The molecule has 0 saturated heterocycles. The van der Waals surface area contributed by atoms with E-state index in [0.717, 1.165) is 5.56 Å². The van der Waals surface area contributed by atoms with E-state index in [0.29, 0.717) is 5.69 Å². The highest BCUT2D eigenvalue weighted by molar-refractivity contribution is 6.09. The molecule has 0 spiro atoms. The van der Waals surface area contributed by atoms with Crippen molar-refractivity contribution in [2.24, 2.45) is 0 Å². The topological polar surface area (TPSA) is 52.9 Å². The van der Waals surface area contributed by atoms with Crippen LogP contribution in [0.3, 0.4) is 0 Å². The highest BCUT2D eigenvalue weighted by Gasteiger charge is 2.10. The lowest BCUT2D eigenvalue weighted by Crippen LogP contribution is -2.13. The first-order valence-electron chi connectivity index (χ1n) is 6.34. The third-order valence-corrected chi connectivity index (χ3v) is 2.85. The summed E-state index contributed by atoms with van der Waals surface area (Å²) >= 11 is 0. The molecular formula is C17H13FN2O. The second-order valence-electron chi connectivity index (χ2n) is 4.51. The van der Waals surface area contributed by atoms with Gasteiger partial charge in [0.25, 0.3) is 5.91 Å². The van der Waals surface area contributed by atoms with Crippen molar-refractivity contribution in [3.63, 3.8) is 0 Å². The van der Waals surface area contributed by atoms with Gasteiger partial charge < -0.3 is 5.32 Å². The Balaban J connectivity index is 2.24. The molecule has 0 aliphatic rings. The Morgan fingerprint density at radius 3 is 2.67 bits per heavy atom. The van der Waals surface area contributed by atoms with Crippen molar-refractivity contribution in [2.75, 3.05) is 5.32 Å². The van der Waals surface area contributed by atoms with E-state index in [4.69, 9.17) is 5.26 Å². The van der Waals surface area contributed by atoms with Crippen LogP contribution in [0.4, 0.5) is 10.1 Å². The number of nitrogens with one attached hydrogen (secondary N) is 1. The largest absolute Gasteiger partial charge is 0.321 e. The molecule has 1 N–H and O–H groups in total. The van der Waals surface area contributed by atoms with Crippen molar-refractivity contribution < 1.29 is 9.18 Å². The molecule has 2 aromatic rings. The number of halogens is 1. The summed E-state index contributed by atoms with van der Waals surface area (Å²) in [5, 5.41) is 11.7. The molecule has 21 heavy (non-hydrogen) atoms. The molecule has 0 fully saturated rings. The zero-order valence-electron chi connectivity index (χ0n) is 11.4. The molecule has 4 heteroatoms. The van der Waals surface area contributed by atoms with Crippen LogP contribution in [0.5, 0.6) is 0 Å². The molecule has 0 atom stereocenters. The fourth-order valence-corrected chi connectivity index (χ4v) is 1.82. The second-order valence-corrected chi connectivity index (χ2v) is 4.51. The zero-order chi connectivity index (χ0) is 15.2. The third kappa shape index (κ3) is 3.77. The first kappa shape index (κ1) is 14.5. The Hall–Kier alpha value is -2.93. The number of nitriles is 1. The summed E-state index contributed by atoms with van der Waals surface area (Å²) in [6, 6.07) is 15.0. The summed E-state index contributed by atoms with van der Waals surface area (Å²) in [4.78, 5) is 12.0. The number of aryl methyl sites for hydroxylation is 1. The van der Waals surface area contributed by atoms with Gasteiger partial charge in [-0.3, -0.25) is 4.79 Å². The SMILES string of the molecule is Cc1cccc(NC(=O)/C(C#N)=C\c2ccccc2F)c1. The minimum absolute atomic E-state index is 0.151. The fraction of sp³-hybridized carbons (Fsp3) is 0.0588. The summed E-state index contributed by atoms with van der Waals surface area (Å²) < 4.78 is 13.5. The summed E-state index contributed by atoms with van der Waals surface area (Å²) in [7, 11) is 0. The molecule has 0 aliphatic heterocycles. The number of amides is 1. The number of anilines is 1. The lowest BCUT2D eigenvalue weighted by Gasteiger charge is -2.05. The molecule has 0 saturated carbocycles. The first-order valence-corrected chi connectivity index (χ1v) is 6.34. The Morgan fingerprint density at radius 1 is 1.24 bits per heavy atom. The molecule has 2 rings (SSSR count). The van der Waals surface area contributed by atoms with Gasteiger partial charge in [0.1, 0.15) is 17.5 Å². The predicted molar refractivity (Wildman–Crippen MR) is 79.8 cm³/mol. The van der Waals surface area contributed by atoms with Crippen molar-refractivity contribution in [3.05, 3.63) is 71.0 Å². The lowest BCUT2D eigenvalue weighted by atomic mass is 10.1. The van der Waals surface area contributed by atoms with E-state index in [-0.39, 0.29) is 11.1 Å². The molecule has 0 unspecified atom stereocenters. The van der Waals surface area contributed by atoms with Crippen molar-refractivity contribution in [2.45, 2.75) is 6.92 Å². The number of benzene rings is 2. The lowest BCUT2D eigenvalue weighted by molar-refractivity contribution is -0.112. The average Bonchev–Trinajstić information content (AvgIpc) is 2.46. The highest BCUT2D eigenvalue weighted by atomic mass is 19.1. The summed E-state index contributed by atoms with van der Waals surface area (Å²) in [6.45, 7) is 1.90. The van der Waals surface area contributed by atoms with E-state index in [1.165, 1.54) is 18.2 Å². The van der Waals surface area contributed by atoms with E-state index < -0.39 is 11.7 Å². The maximum absolute atomic E-state index is 13.5. The van der Waals surface area contributed by atoms with Crippen LogP contribution >= 0.6 is 0 Å². The molecule has 104 valence electrons. The normalized spacial score (nSPS) is 10.8. The molecule has 0 aliphatic carbocycles. The number of hydrogen-bond acceptors (Lipinski definition) is 2. The van der Waals surface area contributed by atoms with Crippen LogP contribution in [-0.4, -0.2) is 5.91 Å². The molecule has 0 bridgehead atoms. The quantitative estimate of drug-likeness (QED) is 0.688. The van der Waals surface area contributed by atoms with E-state index in [9.17, 15) is 9.18 Å². The van der Waals surface area contributed by atoms with Crippen molar-refractivity contribution in [1.82, 2.24) is 0 Å². The monoisotopic (exact) mass is 280 g/mol. The van der Waals surface area contributed by atoms with Gasteiger partial charge in [-0.2, -0.15) is 5.26 Å². The zero-order valence-corrected chi connectivity index (χ0v) is 11.4. The van der Waals surface area contributed by atoms with Crippen LogP contribution in [0.25, 0.3) is 6.08 Å². The van der Waals surface area contributed by atoms with Gasteiger partial charge in [0.05, 0.1) is 0 Å². The molecule has 0 radical (unpaired) electrons. The van der Waals surface area contributed by atoms with E-state index in [1.807, 2.05) is 13.0 Å². The molecule has 1 amide bonds. The van der Waals surface area contributed by atoms with Crippen molar-refractivity contribution in [3.8, 4) is 6.07 Å². The molecule has 2 aromatic carbocycles. The average molecular weight is 280 g/mol. The number of carbonyl (C=O) groups excluding carboxylic acids is 1. The van der Waals surface area contributed by atoms with E-state index >= 15 is 0 Å². The van der Waals surface area contributed by atoms with Crippen LogP contribution in [0.15, 0.2) is 54.1 Å². The Bertz CT molecular complexity index is 744. The van der Waals surface area contributed by atoms with Crippen molar-refractivity contribution >= 4 is 17.7 Å². The predicted octanol–water partition coefficient (Wildman–Crippen LogP) is 3.68. The summed E-state index contributed by atoms with van der Waals surface area (Å²) in [6.07, 6.45) is 1.24. The first-order chi connectivity index (χ1) is 10.1. The van der Waals surface area contributed by atoms with Crippen LogP contribution < -0.4 is 5.32 Å². The molecule has 0 heterocycles. The van der Waals surface area contributed by atoms with Crippen LogP contribution in [0.2, 0.25) is 0 Å². The maximum Gasteiger partial charge on any atom is 0.266 e. The summed E-state index contributed by atoms with van der Waals surface area (Å²) in [5.74, 6) is -1.04. The fourth-order valence-electron chi connectivity index (χ4n) is 1.82. The standard InChI is InChI=1S/C17H13FN2O/c1-12-5-4-7-15(9-12)20-17(21)14(11-19)10-13-6-2-3-8-16(13)18/h2-10H,1H3,(H,20,21)/b14-10-. The number of carbonyl (C=O) groups is 1.